The zero-order chi connectivity index (χ0) is 31.2. The van der Waals surface area contributed by atoms with Crippen molar-refractivity contribution < 1.29 is 23.7 Å². The Hall–Kier alpha value is -5.14. The van der Waals surface area contributed by atoms with Gasteiger partial charge in [-0.1, -0.05) is 53.8 Å². The number of benzene rings is 3. The van der Waals surface area contributed by atoms with E-state index in [9.17, 15) is 14.9 Å². The standard InChI is InChI=1S/C34H31N3O6S/c1-5-41-28-17-23(15-16-27(28)40-4)31-30(33(39)42-6-2)21(3)36-34-37(31)32(38)29(44-34)18-22-11-9-10-14-26(22)43-20-25-13-8-7-12-24(25)19-35/h7-18,31H,5-6,20H2,1-4H3/b29-18-/t31-/m1/s1. The first-order chi connectivity index (χ1) is 21.4. The molecule has 0 spiro atoms. The highest BCUT2D eigenvalue weighted by Gasteiger charge is 2.34. The largest absolute Gasteiger partial charge is 0.493 e. The smallest absolute Gasteiger partial charge is 0.338 e. The molecule has 4 aromatic rings. The fourth-order valence-corrected chi connectivity index (χ4v) is 6.06. The summed E-state index contributed by atoms with van der Waals surface area (Å²) >= 11 is 1.22. The maximum absolute atomic E-state index is 14.1. The lowest BCUT2D eigenvalue weighted by molar-refractivity contribution is -0.139. The lowest BCUT2D eigenvalue weighted by Gasteiger charge is -2.25. The molecule has 5 rings (SSSR count). The molecule has 1 atom stereocenters. The topological polar surface area (TPSA) is 112 Å². The third kappa shape index (κ3) is 6.00. The summed E-state index contributed by atoms with van der Waals surface area (Å²) in [6.45, 7) is 6.12. The van der Waals surface area contributed by atoms with E-state index in [1.165, 1.54) is 15.9 Å². The summed E-state index contributed by atoms with van der Waals surface area (Å²) in [5.74, 6) is 1.05. The van der Waals surface area contributed by atoms with Crippen molar-refractivity contribution in [1.29, 1.82) is 5.26 Å². The van der Waals surface area contributed by atoms with Gasteiger partial charge in [-0.05, 0) is 56.7 Å². The number of hydrogen-bond acceptors (Lipinski definition) is 9. The average Bonchev–Trinajstić information content (AvgIpc) is 3.33. The minimum atomic E-state index is -0.800. The molecule has 224 valence electrons. The summed E-state index contributed by atoms with van der Waals surface area (Å²) < 4.78 is 24.7. The number of nitriles is 1. The monoisotopic (exact) mass is 609 g/mol. The SMILES string of the molecule is CCOC(=O)C1=C(C)N=c2s/c(=C\c3ccccc3OCc3ccccc3C#N)c(=O)n2[C@@H]1c1ccc(OC)c(OCC)c1. The molecule has 1 aromatic heterocycles. The van der Waals surface area contributed by atoms with Crippen LogP contribution in [0, 0.1) is 11.3 Å². The molecule has 0 amide bonds. The Balaban J connectivity index is 1.62. The van der Waals surface area contributed by atoms with Crippen molar-refractivity contribution in [2.45, 2.75) is 33.4 Å². The highest BCUT2D eigenvalue weighted by molar-refractivity contribution is 7.07. The van der Waals surface area contributed by atoms with Crippen LogP contribution in [0.1, 0.15) is 49.1 Å². The van der Waals surface area contributed by atoms with E-state index in [-0.39, 0.29) is 24.3 Å². The molecule has 0 radical (unpaired) electrons. The number of ether oxygens (including phenoxy) is 4. The summed E-state index contributed by atoms with van der Waals surface area (Å²) in [5.41, 5.74) is 3.07. The molecule has 3 aromatic carbocycles. The first-order valence-corrected chi connectivity index (χ1v) is 14.9. The molecule has 0 bridgehead atoms. The van der Waals surface area contributed by atoms with E-state index in [4.69, 9.17) is 18.9 Å². The molecule has 1 aliphatic heterocycles. The summed E-state index contributed by atoms with van der Waals surface area (Å²) in [4.78, 5) is 32.5. The number of carbonyl (C=O) groups excluding carboxylic acids is 1. The van der Waals surface area contributed by atoms with E-state index in [0.29, 0.717) is 55.6 Å². The van der Waals surface area contributed by atoms with E-state index < -0.39 is 12.0 Å². The van der Waals surface area contributed by atoms with E-state index in [2.05, 4.69) is 11.1 Å². The van der Waals surface area contributed by atoms with Crippen LogP contribution in [0.2, 0.25) is 0 Å². The van der Waals surface area contributed by atoms with Gasteiger partial charge in [-0.25, -0.2) is 9.79 Å². The molecule has 1 aliphatic rings. The third-order valence-corrected chi connectivity index (χ3v) is 8.03. The number of carbonyl (C=O) groups is 1. The van der Waals surface area contributed by atoms with Gasteiger partial charge < -0.3 is 18.9 Å². The summed E-state index contributed by atoms with van der Waals surface area (Å²) in [5, 5.41) is 9.45. The van der Waals surface area contributed by atoms with Gasteiger partial charge in [0.15, 0.2) is 16.3 Å². The molecule has 9 nitrogen and oxygen atoms in total. The number of allylic oxidation sites excluding steroid dienone is 1. The Kier molecular flexibility index (Phi) is 9.26. The molecular weight excluding hydrogens is 578 g/mol. The van der Waals surface area contributed by atoms with Gasteiger partial charge in [-0.15, -0.1) is 0 Å². The first-order valence-electron chi connectivity index (χ1n) is 14.1. The molecule has 0 aliphatic carbocycles. The van der Waals surface area contributed by atoms with Gasteiger partial charge in [-0.3, -0.25) is 9.36 Å². The normalized spacial score (nSPS) is 14.3. The van der Waals surface area contributed by atoms with Crippen molar-refractivity contribution in [3.05, 3.63) is 120 Å². The molecule has 0 N–H and O–H groups in total. The predicted octanol–water partition coefficient (Wildman–Crippen LogP) is 4.66. The molecule has 0 saturated heterocycles. The van der Waals surface area contributed by atoms with Crippen LogP contribution in [0.15, 0.2) is 87.8 Å². The Morgan fingerprint density at radius 2 is 1.80 bits per heavy atom. The van der Waals surface area contributed by atoms with Crippen molar-refractivity contribution in [3.63, 3.8) is 0 Å². The van der Waals surface area contributed by atoms with Crippen LogP contribution in [-0.4, -0.2) is 30.9 Å². The van der Waals surface area contributed by atoms with Crippen molar-refractivity contribution in [1.82, 2.24) is 4.57 Å². The zero-order valence-electron chi connectivity index (χ0n) is 24.8. The molecule has 0 fully saturated rings. The predicted molar refractivity (Wildman–Crippen MR) is 166 cm³/mol. The van der Waals surface area contributed by atoms with Crippen LogP contribution in [0.25, 0.3) is 6.08 Å². The Labute approximate surface area is 258 Å². The number of aromatic nitrogens is 1. The van der Waals surface area contributed by atoms with Gasteiger partial charge in [0.1, 0.15) is 12.4 Å². The number of para-hydroxylation sites is 1. The number of nitrogens with zero attached hydrogens (tertiary/aromatic N) is 3. The van der Waals surface area contributed by atoms with Gasteiger partial charge in [0, 0.05) is 11.1 Å². The second-order valence-corrected chi connectivity index (χ2v) is 10.8. The first kappa shape index (κ1) is 30.3. The van der Waals surface area contributed by atoms with Crippen LogP contribution in [0.3, 0.4) is 0 Å². The third-order valence-electron chi connectivity index (χ3n) is 7.05. The molecule has 44 heavy (non-hydrogen) atoms. The van der Waals surface area contributed by atoms with Crippen molar-refractivity contribution in [2.75, 3.05) is 20.3 Å². The van der Waals surface area contributed by atoms with E-state index in [0.717, 1.165) is 5.56 Å². The highest BCUT2D eigenvalue weighted by Crippen LogP contribution is 2.36. The quantitative estimate of drug-likeness (QED) is 0.241. The summed E-state index contributed by atoms with van der Waals surface area (Å²) in [7, 11) is 1.55. The van der Waals surface area contributed by atoms with Gasteiger partial charge in [0.05, 0.1) is 53.8 Å². The second kappa shape index (κ2) is 13.4. The Morgan fingerprint density at radius 1 is 1.02 bits per heavy atom. The number of hydrogen-bond donors (Lipinski definition) is 0. The zero-order valence-corrected chi connectivity index (χ0v) is 25.6. The Morgan fingerprint density at radius 3 is 2.55 bits per heavy atom. The van der Waals surface area contributed by atoms with Crippen LogP contribution in [0.5, 0.6) is 17.2 Å². The van der Waals surface area contributed by atoms with E-state index in [1.807, 2.05) is 55.5 Å². The van der Waals surface area contributed by atoms with E-state index >= 15 is 0 Å². The van der Waals surface area contributed by atoms with Crippen molar-refractivity contribution >= 4 is 23.4 Å². The number of thiazole rings is 1. The number of esters is 1. The fraction of sp³-hybridized carbons (Fsp3) is 0.235. The maximum atomic E-state index is 14.1. The molecule has 0 saturated carbocycles. The minimum Gasteiger partial charge on any atom is -0.493 e. The number of methoxy groups -OCH3 is 1. The van der Waals surface area contributed by atoms with Crippen molar-refractivity contribution in [3.8, 4) is 23.3 Å². The van der Waals surface area contributed by atoms with Crippen LogP contribution >= 0.6 is 11.3 Å². The lowest BCUT2D eigenvalue weighted by atomic mass is 9.95. The minimum absolute atomic E-state index is 0.176. The van der Waals surface area contributed by atoms with Crippen LogP contribution in [-0.2, 0) is 16.1 Å². The highest BCUT2D eigenvalue weighted by atomic mass is 32.1. The average molecular weight is 610 g/mol. The lowest BCUT2D eigenvalue weighted by Crippen LogP contribution is -2.40. The maximum Gasteiger partial charge on any atom is 0.338 e. The summed E-state index contributed by atoms with van der Waals surface area (Å²) in [6, 6.07) is 21.4. The molecular formula is C34H31N3O6S. The van der Waals surface area contributed by atoms with Gasteiger partial charge in [0.25, 0.3) is 5.56 Å². The van der Waals surface area contributed by atoms with E-state index in [1.54, 1.807) is 45.2 Å². The molecule has 0 unspecified atom stereocenters. The van der Waals surface area contributed by atoms with Gasteiger partial charge in [-0.2, -0.15) is 5.26 Å². The fourth-order valence-electron chi connectivity index (χ4n) is 5.02. The van der Waals surface area contributed by atoms with Crippen LogP contribution < -0.4 is 29.1 Å². The van der Waals surface area contributed by atoms with Gasteiger partial charge >= 0.3 is 5.97 Å². The second-order valence-electron chi connectivity index (χ2n) is 9.74. The van der Waals surface area contributed by atoms with Crippen LogP contribution in [0.4, 0.5) is 0 Å². The number of fused-ring (bicyclic) bond motifs is 1. The van der Waals surface area contributed by atoms with Gasteiger partial charge in [0.2, 0.25) is 0 Å². The summed E-state index contributed by atoms with van der Waals surface area (Å²) in [6.07, 6.45) is 1.76. The molecule has 10 heteroatoms. The molecule has 2 heterocycles. The number of rotatable bonds is 10. The Bertz CT molecular complexity index is 1970. The van der Waals surface area contributed by atoms with Crippen molar-refractivity contribution in [2.24, 2.45) is 4.99 Å².